The van der Waals surface area contributed by atoms with E-state index in [-0.39, 0.29) is 18.1 Å². The first-order chi connectivity index (χ1) is 15.7. The number of hydrogen-bond donors (Lipinski definition) is 2. The summed E-state index contributed by atoms with van der Waals surface area (Å²) in [6.45, 7) is 7.64. The van der Waals surface area contributed by atoms with Gasteiger partial charge in [-0.05, 0) is 63.9 Å². The molecule has 1 amide bonds. The van der Waals surface area contributed by atoms with Gasteiger partial charge in [-0.1, -0.05) is 6.07 Å². The number of aliphatic hydroxyl groups excluding tert-OH is 1. The second kappa shape index (κ2) is 7.95. The van der Waals surface area contributed by atoms with E-state index in [9.17, 15) is 9.90 Å². The molecular formula is C25H29N5O3. The van der Waals surface area contributed by atoms with E-state index >= 15 is 0 Å². The summed E-state index contributed by atoms with van der Waals surface area (Å²) < 4.78 is 5.28. The molecule has 1 aliphatic carbocycles. The third kappa shape index (κ3) is 4.61. The van der Waals surface area contributed by atoms with Crippen molar-refractivity contribution in [1.82, 2.24) is 20.3 Å². The highest BCUT2D eigenvalue weighted by atomic mass is 16.6. The minimum atomic E-state index is -0.547. The van der Waals surface area contributed by atoms with Gasteiger partial charge in [-0.3, -0.25) is 4.98 Å². The normalized spacial score (nSPS) is 17.5. The zero-order valence-corrected chi connectivity index (χ0v) is 19.2. The average molecular weight is 448 g/mol. The van der Waals surface area contributed by atoms with Gasteiger partial charge < -0.3 is 20.1 Å². The maximum atomic E-state index is 11.9. The van der Waals surface area contributed by atoms with Gasteiger partial charge in [0.15, 0.2) is 0 Å². The van der Waals surface area contributed by atoms with Crippen LogP contribution in [0, 0.1) is 5.41 Å². The van der Waals surface area contributed by atoms with Gasteiger partial charge in [0.05, 0.1) is 35.2 Å². The molecule has 8 heteroatoms. The van der Waals surface area contributed by atoms with Crippen LogP contribution >= 0.6 is 0 Å². The predicted octanol–water partition coefficient (Wildman–Crippen LogP) is 3.68. The molecule has 33 heavy (non-hydrogen) atoms. The van der Waals surface area contributed by atoms with Crippen LogP contribution < -0.4 is 10.2 Å². The number of aromatic nitrogens is 3. The van der Waals surface area contributed by atoms with Crippen molar-refractivity contribution in [2.75, 3.05) is 18.0 Å². The number of aliphatic hydroxyl groups is 1. The lowest BCUT2D eigenvalue weighted by Crippen LogP contribution is -2.64. The number of carbonyl (C=O) groups excluding carboxylic acids is 1. The summed E-state index contributed by atoms with van der Waals surface area (Å²) in [6, 6.07) is 11.8. The maximum Gasteiger partial charge on any atom is 0.407 e. The summed E-state index contributed by atoms with van der Waals surface area (Å²) in [4.78, 5) is 28.3. The quantitative estimate of drug-likeness (QED) is 0.629. The number of carbonyl (C=O) groups is 1. The van der Waals surface area contributed by atoms with Crippen molar-refractivity contribution in [3.8, 4) is 11.4 Å². The average Bonchev–Trinajstić information content (AvgIpc) is 2.72. The van der Waals surface area contributed by atoms with Crippen LogP contribution in [0.1, 0.15) is 39.3 Å². The van der Waals surface area contributed by atoms with Crippen molar-refractivity contribution >= 4 is 22.8 Å². The number of nitrogens with zero attached hydrogens (tertiary/aromatic N) is 4. The molecule has 4 heterocycles. The highest BCUT2D eigenvalue weighted by Gasteiger charge is 2.52. The molecule has 0 aromatic carbocycles. The molecule has 0 bridgehead atoms. The largest absolute Gasteiger partial charge is 0.444 e. The lowest BCUT2D eigenvalue weighted by molar-refractivity contribution is -0.0494. The number of pyridine rings is 3. The van der Waals surface area contributed by atoms with Gasteiger partial charge in [-0.15, -0.1) is 0 Å². The Hall–Kier alpha value is -3.26. The minimum Gasteiger partial charge on any atom is -0.444 e. The Balaban J connectivity index is 1.30. The van der Waals surface area contributed by atoms with Gasteiger partial charge >= 0.3 is 6.09 Å². The minimum absolute atomic E-state index is 0.132. The van der Waals surface area contributed by atoms with Crippen molar-refractivity contribution in [3.05, 3.63) is 48.3 Å². The molecule has 0 atom stereocenters. The SMILES string of the molecule is CC(C)(C)OC(=O)NCc1cc2nc(-c3cccc(N4CC5(CC(O)C5)C4)n3)ccc2cn1. The van der Waals surface area contributed by atoms with E-state index in [1.807, 2.05) is 57.2 Å². The number of anilines is 1. The summed E-state index contributed by atoms with van der Waals surface area (Å²) in [5, 5.41) is 13.3. The van der Waals surface area contributed by atoms with Crippen molar-refractivity contribution in [2.45, 2.75) is 51.9 Å². The van der Waals surface area contributed by atoms with Gasteiger partial charge in [0, 0.05) is 30.1 Å². The summed E-state index contributed by atoms with van der Waals surface area (Å²) in [5.74, 6) is 0.943. The predicted molar refractivity (Wildman–Crippen MR) is 126 cm³/mol. The summed E-state index contributed by atoms with van der Waals surface area (Å²) in [5.41, 5.74) is 2.84. The van der Waals surface area contributed by atoms with Crippen LogP contribution in [0.25, 0.3) is 22.3 Å². The molecule has 2 fully saturated rings. The fourth-order valence-electron chi connectivity index (χ4n) is 4.64. The number of hydrogen-bond acceptors (Lipinski definition) is 7. The zero-order valence-electron chi connectivity index (χ0n) is 19.2. The molecule has 3 aromatic heterocycles. The third-order valence-corrected chi connectivity index (χ3v) is 6.15. The van der Waals surface area contributed by atoms with Gasteiger partial charge in [-0.2, -0.15) is 0 Å². The molecule has 1 saturated carbocycles. The monoisotopic (exact) mass is 447 g/mol. The molecule has 3 aromatic rings. The number of alkyl carbamates (subject to hydrolysis) is 1. The molecule has 0 unspecified atom stereocenters. The number of ether oxygens (including phenoxy) is 1. The van der Waals surface area contributed by atoms with Crippen LogP contribution in [-0.2, 0) is 11.3 Å². The van der Waals surface area contributed by atoms with Crippen LogP contribution in [0.2, 0.25) is 0 Å². The molecular weight excluding hydrogens is 418 g/mol. The van der Waals surface area contributed by atoms with Crippen molar-refractivity contribution in [3.63, 3.8) is 0 Å². The number of rotatable bonds is 4. The van der Waals surface area contributed by atoms with Crippen molar-refractivity contribution in [1.29, 1.82) is 0 Å². The van der Waals surface area contributed by atoms with Crippen molar-refractivity contribution < 1.29 is 14.6 Å². The Kier molecular flexibility index (Phi) is 5.20. The first kappa shape index (κ1) is 21.6. The fraction of sp³-hybridized carbons (Fsp3) is 0.440. The molecule has 8 nitrogen and oxygen atoms in total. The molecule has 0 radical (unpaired) electrons. The molecule has 5 rings (SSSR count). The Morgan fingerprint density at radius 3 is 2.67 bits per heavy atom. The molecule has 2 aliphatic rings. The standard InChI is InChI=1S/C25H29N5O3/c1-24(2,3)33-23(32)27-13-17-9-21-16(12-26-17)7-8-20(28-21)19-5-4-6-22(29-19)30-14-25(15-30)10-18(31)11-25/h4-9,12,18,31H,10-11,13-15H2,1-3H3,(H,27,32). The molecule has 172 valence electrons. The molecule has 1 spiro atoms. The second-order valence-electron chi connectivity index (χ2n) is 10.2. The highest BCUT2D eigenvalue weighted by Crippen LogP contribution is 2.49. The van der Waals surface area contributed by atoms with E-state index in [0.29, 0.717) is 5.69 Å². The van der Waals surface area contributed by atoms with E-state index in [2.05, 4.69) is 15.2 Å². The van der Waals surface area contributed by atoms with Crippen LogP contribution in [0.3, 0.4) is 0 Å². The molecule has 2 N–H and O–H groups in total. The topological polar surface area (TPSA) is 100 Å². The van der Waals surface area contributed by atoms with Crippen LogP contribution in [0.5, 0.6) is 0 Å². The lowest BCUT2D eigenvalue weighted by Gasteiger charge is -2.58. The number of nitrogens with one attached hydrogen (secondary N) is 1. The molecule has 1 aliphatic heterocycles. The lowest BCUT2D eigenvalue weighted by atomic mass is 9.62. The number of amides is 1. The first-order valence-electron chi connectivity index (χ1n) is 11.3. The van der Waals surface area contributed by atoms with Crippen LogP contribution in [0.4, 0.5) is 10.6 Å². The first-order valence-corrected chi connectivity index (χ1v) is 11.3. The Bertz CT molecular complexity index is 1190. The van der Waals surface area contributed by atoms with E-state index < -0.39 is 11.7 Å². The van der Waals surface area contributed by atoms with E-state index in [1.54, 1.807) is 6.20 Å². The maximum absolute atomic E-state index is 11.9. The highest BCUT2D eigenvalue weighted by molar-refractivity contribution is 5.81. The fourth-order valence-corrected chi connectivity index (χ4v) is 4.64. The van der Waals surface area contributed by atoms with Gasteiger partial charge in [0.1, 0.15) is 11.4 Å². The smallest absolute Gasteiger partial charge is 0.407 e. The van der Waals surface area contributed by atoms with E-state index in [1.165, 1.54) is 0 Å². The summed E-state index contributed by atoms with van der Waals surface area (Å²) in [6.07, 6.45) is 2.95. The van der Waals surface area contributed by atoms with Gasteiger partial charge in [-0.25, -0.2) is 14.8 Å². The van der Waals surface area contributed by atoms with Crippen molar-refractivity contribution in [2.24, 2.45) is 5.41 Å². The van der Waals surface area contributed by atoms with Gasteiger partial charge in [0.2, 0.25) is 0 Å². The third-order valence-electron chi connectivity index (χ3n) is 6.15. The Morgan fingerprint density at radius 1 is 1.18 bits per heavy atom. The zero-order chi connectivity index (χ0) is 23.2. The molecule has 1 saturated heterocycles. The Labute approximate surface area is 193 Å². The van der Waals surface area contributed by atoms with E-state index in [4.69, 9.17) is 14.7 Å². The Morgan fingerprint density at radius 2 is 1.94 bits per heavy atom. The number of fused-ring (bicyclic) bond motifs is 1. The van der Waals surface area contributed by atoms with E-state index in [0.717, 1.165) is 54.0 Å². The van der Waals surface area contributed by atoms with Gasteiger partial charge in [0.25, 0.3) is 0 Å². The second-order valence-corrected chi connectivity index (χ2v) is 10.2. The summed E-state index contributed by atoms with van der Waals surface area (Å²) in [7, 11) is 0. The van der Waals surface area contributed by atoms with Crippen LogP contribution in [-0.4, -0.2) is 50.9 Å². The van der Waals surface area contributed by atoms with Crippen LogP contribution in [0.15, 0.2) is 42.6 Å². The summed E-state index contributed by atoms with van der Waals surface area (Å²) >= 11 is 0.